The Hall–Kier alpha value is -1.03. The van der Waals surface area contributed by atoms with E-state index in [9.17, 15) is 8.42 Å². The second-order valence-corrected chi connectivity index (χ2v) is 5.76. The summed E-state index contributed by atoms with van der Waals surface area (Å²) in [5, 5.41) is 0. The van der Waals surface area contributed by atoms with Gasteiger partial charge in [0, 0.05) is 10.2 Å². The van der Waals surface area contributed by atoms with Crippen LogP contribution in [0.1, 0.15) is 6.92 Å². The van der Waals surface area contributed by atoms with E-state index in [1.54, 1.807) is 13.0 Å². The van der Waals surface area contributed by atoms with Gasteiger partial charge in [0.1, 0.15) is 0 Å². The van der Waals surface area contributed by atoms with Gasteiger partial charge in [-0.15, -0.1) is 6.42 Å². The summed E-state index contributed by atoms with van der Waals surface area (Å²) in [4.78, 5) is 0.0929. The van der Waals surface area contributed by atoms with Gasteiger partial charge in [-0.2, -0.15) is 4.72 Å². The minimum Gasteiger partial charge on any atom is -0.398 e. The molecular weight excluding hydrogens is 292 g/mol. The molecule has 0 saturated heterocycles. The maximum atomic E-state index is 11.8. The highest BCUT2D eigenvalue weighted by Gasteiger charge is 2.16. The van der Waals surface area contributed by atoms with Gasteiger partial charge in [-0.05, 0) is 41.1 Å². The number of rotatable bonds is 3. The van der Waals surface area contributed by atoms with Crippen molar-refractivity contribution in [2.75, 3.05) is 5.73 Å². The molecule has 0 heterocycles. The molecule has 0 amide bonds. The monoisotopic (exact) mass is 302 g/mol. The van der Waals surface area contributed by atoms with Crippen LogP contribution in [0.2, 0.25) is 0 Å². The standard InChI is InChI=1S/C10H11BrN2O2S/c1-3-7(2)13-16(14,15)8-4-5-9(11)10(12)6-8/h1,4-7,13H,12H2,2H3. The number of hydrogen-bond acceptors (Lipinski definition) is 3. The van der Waals surface area contributed by atoms with Gasteiger partial charge >= 0.3 is 0 Å². The summed E-state index contributed by atoms with van der Waals surface area (Å²) in [7, 11) is -3.60. The molecule has 3 N–H and O–H groups in total. The van der Waals surface area contributed by atoms with Crippen LogP contribution in [-0.2, 0) is 10.0 Å². The Labute approximate surface area is 103 Å². The minimum atomic E-state index is -3.60. The first kappa shape index (κ1) is 13.0. The first-order valence-electron chi connectivity index (χ1n) is 4.40. The van der Waals surface area contributed by atoms with Crippen LogP contribution in [0.25, 0.3) is 0 Å². The highest BCUT2D eigenvalue weighted by molar-refractivity contribution is 9.10. The third kappa shape index (κ3) is 2.98. The molecule has 0 spiro atoms. The Bertz CT molecular complexity index is 534. The molecule has 0 aromatic heterocycles. The number of anilines is 1. The molecule has 86 valence electrons. The number of halogens is 1. The van der Waals surface area contributed by atoms with E-state index in [-0.39, 0.29) is 4.90 Å². The van der Waals surface area contributed by atoms with E-state index >= 15 is 0 Å². The average Bonchev–Trinajstić information content (AvgIpc) is 2.21. The maximum Gasteiger partial charge on any atom is 0.241 e. The fourth-order valence-electron chi connectivity index (χ4n) is 1.02. The Morgan fingerprint density at radius 1 is 1.56 bits per heavy atom. The molecule has 0 bridgehead atoms. The first-order chi connectivity index (χ1) is 7.36. The van der Waals surface area contributed by atoms with E-state index in [0.29, 0.717) is 10.2 Å². The molecule has 0 saturated carbocycles. The lowest BCUT2D eigenvalue weighted by atomic mass is 10.3. The zero-order chi connectivity index (χ0) is 12.3. The second-order valence-electron chi connectivity index (χ2n) is 3.19. The van der Waals surface area contributed by atoms with Crippen LogP contribution in [0.4, 0.5) is 5.69 Å². The van der Waals surface area contributed by atoms with E-state index in [2.05, 4.69) is 26.6 Å². The highest BCUT2D eigenvalue weighted by Crippen LogP contribution is 2.22. The second kappa shape index (κ2) is 4.87. The lowest BCUT2D eigenvalue weighted by Crippen LogP contribution is -2.31. The van der Waals surface area contributed by atoms with E-state index in [0.717, 1.165) is 0 Å². The molecule has 0 aliphatic heterocycles. The first-order valence-corrected chi connectivity index (χ1v) is 6.68. The van der Waals surface area contributed by atoms with Crippen LogP contribution in [-0.4, -0.2) is 14.5 Å². The summed E-state index contributed by atoms with van der Waals surface area (Å²) >= 11 is 3.19. The van der Waals surface area contributed by atoms with Gasteiger partial charge < -0.3 is 5.73 Å². The Balaban J connectivity index is 3.09. The normalized spacial score (nSPS) is 13.1. The molecule has 4 nitrogen and oxygen atoms in total. The van der Waals surface area contributed by atoms with E-state index in [1.165, 1.54) is 12.1 Å². The van der Waals surface area contributed by atoms with Gasteiger partial charge in [-0.1, -0.05) is 5.92 Å². The van der Waals surface area contributed by atoms with Crippen molar-refractivity contribution in [3.63, 3.8) is 0 Å². The molecule has 0 aliphatic carbocycles. The molecular formula is C10H11BrN2O2S. The van der Waals surface area contributed by atoms with Crippen LogP contribution in [0.15, 0.2) is 27.6 Å². The summed E-state index contributed by atoms with van der Waals surface area (Å²) in [6.45, 7) is 1.58. The Morgan fingerprint density at radius 2 is 2.19 bits per heavy atom. The van der Waals surface area contributed by atoms with Crippen LogP contribution in [0.3, 0.4) is 0 Å². The minimum absolute atomic E-state index is 0.0929. The van der Waals surface area contributed by atoms with Crippen LogP contribution in [0.5, 0.6) is 0 Å². The topological polar surface area (TPSA) is 72.2 Å². The molecule has 0 fully saturated rings. The van der Waals surface area contributed by atoms with Crippen LogP contribution >= 0.6 is 15.9 Å². The van der Waals surface area contributed by atoms with E-state index in [4.69, 9.17) is 12.2 Å². The quantitative estimate of drug-likeness (QED) is 0.653. The van der Waals surface area contributed by atoms with Crippen molar-refractivity contribution in [1.29, 1.82) is 0 Å². The average molecular weight is 303 g/mol. The SMILES string of the molecule is C#CC(C)NS(=O)(=O)c1ccc(Br)c(N)c1. The van der Waals surface area contributed by atoms with Gasteiger partial charge in [0.2, 0.25) is 10.0 Å². The lowest BCUT2D eigenvalue weighted by molar-refractivity contribution is 0.577. The smallest absolute Gasteiger partial charge is 0.241 e. The summed E-state index contributed by atoms with van der Waals surface area (Å²) < 4.78 is 26.6. The number of nitrogen functional groups attached to an aromatic ring is 1. The summed E-state index contributed by atoms with van der Waals surface area (Å²) in [6, 6.07) is 3.83. The van der Waals surface area contributed by atoms with Crippen molar-refractivity contribution >= 4 is 31.6 Å². The predicted molar refractivity (Wildman–Crippen MR) is 67.2 cm³/mol. The van der Waals surface area contributed by atoms with Crippen molar-refractivity contribution in [3.8, 4) is 12.3 Å². The number of nitrogens with one attached hydrogen (secondary N) is 1. The lowest BCUT2D eigenvalue weighted by Gasteiger charge is -2.09. The zero-order valence-electron chi connectivity index (χ0n) is 8.57. The third-order valence-electron chi connectivity index (χ3n) is 1.86. The van der Waals surface area contributed by atoms with Crippen molar-refractivity contribution in [2.24, 2.45) is 0 Å². The molecule has 0 aliphatic rings. The fourth-order valence-corrected chi connectivity index (χ4v) is 2.47. The molecule has 1 aromatic carbocycles. The summed E-state index contributed by atoms with van der Waals surface area (Å²) in [5.74, 6) is 2.29. The molecule has 6 heteroatoms. The van der Waals surface area contributed by atoms with Crippen LogP contribution < -0.4 is 10.5 Å². The predicted octanol–water partition coefficient (Wildman–Crippen LogP) is 1.33. The van der Waals surface area contributed by atoms with Crippen molar-refractivity contribution < 1.29 is 8.42 Å². The Morgan fingerprint density at radius 3 is 2.69 bits per heavy atom. The fraction of sp³-hybridized carbons (Fsp3) is 0.200. The summed E-state index contributed by atoms with van der Waals surface area (Å²) in [5.41, 5.74) is 5.96. The van der Waals surface area contributed by atoms with Gasteiger partial charge in [0.05, 0.1) is 10.9 Å². The molecule has 1 rings (SSSR count). The van der Waals surface area contributed by atoms with Crippen molar-refractivity contribution in [1.82, 2.24) is 4.72 Å². The number of hydrogen-bond donors (Lipinski definition) is 2. The molecule has 1 unspecified atom stereocenters. The Kier molecular flexibility index (Phi) is 3.97. The van der Waals surface area contributed by atoms with Crippen LogP contribution in [0, 0.1) is 12.3 Å². The third-order valence-corrected chi connectivity index (χ3v) is 4.12. The molecule has 0 radical (unpaired) electrons. The highest BCUT2D eigenvalue weighted by atomic mass is 79.9. The van der Waals surface area contributed by atoms with Gasteiger partial charge in [0.15, 0.2) is 0 Å². The number of terminal acetylenes is 1. The van der Waals surface area contributed by atoms with Crippen molar-refractivity contribution in [2.45, 2.75) is 17.9 Å². The number of benzene rings is 1. The molecule has 1 aromatic rings. The maximum absolute atomic E-state index is 11.8. The largest absolute Gasteiger partial charge is 0.398 e. The molecule has 16 heavy (non-hydrogen) atoms. The zero-order valence-corrected chi connectivity index (χ0v) is 11.0. The van der Waals surface area contributed by atoms with Gasteiger partial charge in [0.25, 0.3) is 0 Å². The van der Waals surface area contributed by atoms with E-state index in [1.807, 2.05) is 0 Å². The van der Waals surface area contributed by atoms with Crippen molar-refractivity contribution in [3.05, 3.63) is 22.7 Å². The number of nitrogens with two attached hydrogens (primary N) is 1. The number of sulfonamides is 1. The van der Waals surface area contributed by atoms with Gasteiger partial charge in [-0.25, -0.2) is 8.42 Å². The summed E-state index contributed by atoms with van der Waals surface area (Å²) in [6.07, 6.45) is 5.10. The van der Waals surface area contributed by atoms with Gasteiger partial charge in [-0.3, -0.25) is 0 Å². The molecule has 1 atom stereocenters. The van der Waals surface area contributed by atoms with E-state index < -0.39 is 16.1 Å².